The Hall–Kier alpha value is -2.00. The molecule has 1 aromatic rings. The molecule has 0 saturated carbocycles. The fourth-order valence-electron chi connectivity index (χ4n) is 3.62. The molecule has 1 aliphatic rings. The van der Waals surface area contributed by atoms with Crippen LogP contribution < -0.4 is 0 Å². The molecule has 0 radical (unpaired) electrons. The second kappa shape index (κ2) is 11.1. The van der Waals surface area contributed by atoms with Crippen LogP contribution in [0.2, 0.25) is 0 Å². The molecule has 28 heavy (non-hydrogen) atoms. The van der Waals surface area contributed by atoms with E-state index in [1.54, 1.807) is 0 Å². The first kappa shape index (κ1) is 22.3. The highest BCUT2D eigenvalue weighted by Crippen LogP contribution is 2.14. The number of β-amino-alcohol motifs (C(OH)–C–C–N with tert-alkyl or cyclic N) is 1. The molecule has 0 bridgehead atoms. The Balaban J connectivity index is 2.24. The number of carboxylic acid groups (broad SMARTS) is 2. The van der Waals surface area contributed by atoms with Gasteiger partial charge in [-0.3, -0.25) is 24.3 Å². The van der Waals surface area contributed by atoms with E-state index in [1.807, 2.05) is 41.0 Å². The van der Waals surface area contributed by atoms with Crippen LogP contribution >= 0.6 is 0 Å². The van der Waals surface area contributed by atoms with Gasteiger partial charge >= 0.3 is 11.9 Å². The van der Waals surface area contributed by atoms with Gasteiger partial charge in [-0.2, -0.15) is 0 Å². The number of aliphatic hydroxyl groups excluding tert-OH is 1. The predicted octanol–water partition coefficient (Wildman–Crippen LogP) is -0.0128. The Morgan fingerprint density at radius 2 is 1.57 bits per heavy atom. The summed E-state index contributed by atoms with van der Waals surface area (Å²) < 4.78 is 0. The Labute approximate surface area is 166 Å². The van der Waals surface area contributed by atoms with Crippen molar-refractivity contribution >= 4 is 11.9 Å². The number of hydrogen-bond acceptors (Lipinski definition) is 6. The van der Waals surface area contributed by atoms with Crippen LogP contribution in [0.4, 0.5) is 0 Å². The Bertz CT molecular complexity index is 637. The zero-order valence-corrected chi connectivity index (χ0v) is 16.5. The zero-order chi connectivity index (χ0) is 20.5. The minimum atomic E-state index is -0.897. The van der Waals surface area contributed by atoms with Crippen molar-refractivity contribution in [2.45, 2.75) is 19.4 Å². The second-order valence-corrected chi connectivity index (χ2v) is 7.40. The van der Waals surface area contributed by atoms with Gasteiger partial charge < -0.3 is 15.3 Å². The maximum atomic E-state index is 11.5. The maximum Gasteiger partial charge on any atom is 0.317 e. The number of benzene rings is 1. The number of hydrogen-bond donors (Lipinski definition) is 3. The van der Waals surface area contributed by atoms with Crippen molar-refractivity contribution in [1.29, 1.82) is 0 Å². The van der Waals surface area contributed by atoms with Crippen molar-refractivity contribution in [1.82, 2.24) is 14.7 Å². The highest BCUT2D eigenvalue weighted by Gasteiger charge is 2.27. The van der Waals surface area contributed by atoms with Gasteiger partial charge in [0, 0.05) is 45.3 Å². The third kappa shape index (κ3) is 7.55. The lowest BCUT2D eigenvalue weighted by Gasteiger charge is -2.33. The van der Waals surface area contributed by atoms with Crippen LogP contribution in [0.25, 0.3) is 0 Å². The third-order valence-corrected chi connectivity index (χ3v) is 5.13. The SMILES string of the molecule is Cc1ccc(CC2CN(CC(=O)O)CCN(CCO)CCN2CC(=O)O)cc1. The minimum absolute atomic E-state index is 0.0185. The number of aryl methyl sites for hydroxylation is 1. The third-order valence-electron chi connectivity index (χ3n) is 5.13. The van der Waals surface area contributed by atoms with E-state index < -0.39 is 11.9 Å². The summed E-state index contributed by atoms with van der Waals surface area (Å²) in [6.45, 7) is 5.25. The largest absolute Gasteiger partial charge is 0.480 e. The van der Waals surface area contributed by atoms with Gasteiger partial charge in [0.1, 0.15) is 0 Å². The van der Waals surface area contributed by atoms with Crippen LogP contribution in [-0.2, 0) is 16.0 Å². The Morgan fingerprint density at radius 3 is 2.18 bits per heavy atom. The van der Waals surface area contributed by atoms with Crippen LogP contribution in [0.3, 0.4) is 0 Å². The van der Waals surface area contributed by atoms with E-state index >= 15 is 0 Å². The van der Waals surface area contributed by atoms with E-state index in [9.17, 15) is 24.9 Å². The van der Waals surface area contributed by atoms with Crippen LogP contribution in [-0.4, -0.2) is 107 Å². The van der Waals surface area contributed by atoms with E-state index in [0.717, 1.165) is 11.1 Å². The number of carboxylic acids is 2. The fraction of sp³-hybridized carbons (Fsp3) is 0.600. The van der Waals surface area contributed by atoms with Gasteiger partial charge in [-0.15, -0.1) is 0 Å². The van der Waals surface area contributed by atoms with Gasteiger partial charge in [0.25, 0.3) is 0 Å². The zero-order valence-electron chi connectivity index (χ0n) is 16.5. The molecule has 1 atom stereocenters. The topological polar surface area (TPSA) is 105 Å². The summed E-state index contributed by atoms with van der Waals surface area (Å²) in [5.41, 5.74) is 2.26. The van der Waals surface area contributed by atoms with Crippen molar-refractivity contribution in [3.05, 3.63) is 35.4 Å². The van der Waals surface area contributed by atoms with Crippen molar-refractivity contribution in [2.24, 2.45) is 0 Å². The number of rotatable bonds is 8. The molecule has 1 fully saturated rings. The second-order valence-electron chi connectivity index (χ2n) is 7.40. The summed E-state index contributed by atoms with van der Waals surface area (Å²) in [6, 6.07) is 8.04. The van der Waals surface area contributed by atoms with Gasteiger partial charge in [-0.05, 0) is 18.9 Å². The predicted molar refractivity (Wildman–Crippen MR) is 105 cm³/mol. The highest BCUT2D eigenvalue weighted by atomic mass is 16.4. The molecule has 8 heteroatoms. The van der Waals surface area contributed by atoms with Crippen molar-refractivity contribution in [3.8, 4) is 0 Å². The van der Waals surface area contributed by atoms with Crippen LogP contribution in [0.5, 0.6) is 0 Å². The van der Waals surface area contributed by atoms with Crippen molar-refractivity contribution in [3.63, 3.8) is 0 Å². The molecule has 3 N–H and O–H groups in total. The summed E-state index contributed by atoms with van der Waals surface area (Å²) in [7, 11) is 0. The maximum absolute atomic E-state index is 11.5. The van der Waals surface area contributed by atoms with Gasteiger partial charge in [-0.1, -0.05) is 29.8 Å². The van der Waals surface area contributed by atoms with E-state index in [2.05, 4.69) is 4.90 Å². The first-order chi connectivity index (χ1) is 13.4. The first-order valence-corrected chi connectivity index (χ1v) is 9.66. The highest BCUT2D eigenvalue weighted by molar-refractivity contribution is 5.69. The molecule has 156 valence electrons. The summed E-state index contributed by atoms with van der Waals surface area (Å²) in [5.74, 6) is -1.79. The van der Waals surface area contributed by atoms with Crippen molar-refractivity contribution in [2.75, 3.05) is 59.0 Å². The van der Waals surface area contributed by atoms with E-state index in [1.165, 1.54) is 0 Å². The molecule has 0 aromatic heterocycles. The quantitative estimate of drug-likeness (QED) is 0.566. The van der Waals surface area contributed by atoms with E-state index in [0.29, 0.717) is 45.7 Å². The fourth-order valence-corrected chi connectivity index (χ4v) is 3.62. The summed E-state index contributed by atoms with van der Waals surface area (Å²) in [6.07, 6.45) is 0.656. The van der Waals surface area contributed by atoms with Crippen molar-refractivity contribution < 1.29 is 24.9 Å². The molecular formula is C20H31N3O5. The summed E-state index contributed by atoms with van der Waals surface area (Å²) >= 11 is 0. The lowest BCUT2D eigenvalue weighted by molar-refractivity contribution is -0.140. The van der Waals surface area contributed by atoms with Crippen LogP contribution in [0.1, 0.15) is 11.1 Å². The molecule has 1 aliphatic heterocycles. The minimum Gasteiger partial charge on any atom is -0.480 e. The average Bonchev–Trinajstić information content (AvgIpc) is 2.69. The smallest absolute Gasteiger partial charge is 0.317 e. The summed E-state index contributed by atoms with van der Waals surface area (Å²) in [5, 5.41) is 28.0. The molecule has 0 aliphatic carbocycles. The normalized spacial score (nSPS) is 20.3. The molecular weight excluding hydrogens is 362 g/mol. The van der Waals surface area contributed by atoms with E-state index in [4.69, 9.17) is 0 Å². The Kier molecular flexibility index (Phi) is 8.85. The van der Waals surface area contributed by atoms with Crippen LogP contribution in [0, 0.1) is 6.92 Å². The lowest BCUT2D eigenvalue weighted by Crippen LogP contribution is -2.48. The number of nitrogens with zero attached hydrogens (tertiary/aromatic N) is 3. The molecule has 2 rings (SSSR count). The average molecular weight is 393 g/mol. The van der Waals surface area contributed by atoms with Crippen LogP contribution in [0.15, 0.2) is 24.3 Å². The number of aliphatic hydroxyl groups is 1. The molecule has 1 heterocycles. The molecule has 1 unspecified atom stereocenters. The van der Waals surface area contributed by atoms with E-state index in [-0.39, 0.29) is 25.7 Å². The molecule has 1 saturated heterocycles. The standard InChI is InChI=1S/C20H31N3O5/c1-16-2-4-17(5-3-16)12-18-13-22(14-19(25)26)7-6-21(10-11-24)8-9-23(18)15-20(27)28/h2-5,18,24H,6-15H2,1H3,(H,25,26)(H,27,28). The lowest BCUT2D eigenvalue weighted by atomic mass is 10.0. The first-order valence-electron chi connectivity index (χ1n) is 9.66. The molecule has 8 nitrogen and oxygen atoms in total. The Morgan fingerprint density at radius 1 is 0.964 bits per heavy atom. The van der Waals surface area contributed by atoms with Gasteiger partial charge in [0.05, 0.1) is 19.7 Å². The monoisotopic (exact) mass is 393 g/mol. The van der Waals surface area contributed by atoms with Gasteiger partial charge in [0.15, 0.2) is 0 Å². The number of carbonyl (C=O) groups is 2. The molecule has 0 spiro atoms. The van der Waals surface area contributed by atoms with Gasteiger partial charge in [-0.25, -0.2) is 0 Å². The molecule has 0 amide bonds. The molecule has 1 aromatic carbocycles. The summed E-state index contributed by atoms with van der Waals surface area (Å²) in [4.78, 5) is 28.6. The number of aliphatic carboxylic acids is 2. The van der Waals surface area contributed by atoms with Gasteiger partial charge in [0.2, 0.25) is 0 Å².